The zero-order chi connectivity index (χ0) is 22.3. The van der Waals surface area contributed by atoms with Crippen LogP contribution in [-0.2, 0) is 6.42 Å². The lowest BCUT2D eigenvalue weighted by atomic mass is 10.1. The fourth-order valence-electron chi connectivity index (χ4n) is 3.30. The number of furan rings is 1. The van der Waals surface area contributed by atoms with Gasteiger partial charge in [0, 0.05) is 13.1 Å². The van der Waals surface area contributed by atoms with Gasteiger partial charge in [0.2, 0.25) is 17.7 Å². The maximum atomic E-state index is 6.02. The van der Waals surface area contributed by atoms with E-state index in [4.69, 9.17) is 14.9 Å². The van der Waals surface area contributed by atoms with Crippen molar-refractivity contribution < 1.29 is 9.15 Å². The Bertz CT molecular complexity index is 1120. The Balaban J connectivity index is 1.30. The zero-order valence-corrected chi connectivity index (χ0v) is 18.4. The van der Waals surface area contributed by atoms with Crippen molar-refractivity contribution in [1.82, 2.24) is 29.5 Å². The van der Waals surface area contributed by atoms with E-state index in [1.807, 2.05) is 12.1 Å². The zero-order valence-electron chi connectivity index (χ0n) is 18.4. The van der Waals surface area contributed by atoms with Crippen molar-refractivity contribution in [2.24, 2.45) is 0 Å². The van der Waals surface area contributed by atoms with E-state index in [0.717, 1.165) is 31.8 Å². The van der Waals surface area contributed by atoms with Gasteiger partial charge in [-0.15, -0.1) is 5.10 Å². The van der Waals surface area contributed by atoms with E-state index in [1.54, 1.807) is 18.4 Å². The third-order valence-electron chi connectivity index (χ3n) is 5.17. The maximum absolute atomic E-state index is 6.02. The molecule has 0 spiro atoms. The van der Waals surface area contributed by atoms with Crippen molar-refractivity contribution in [3.05, 3.63) is 48.2 Å². The Morgan fingerprint density at radius 3 is 2.62 bits per heavy atom. The number of benzene rings is 1. The largest absolute Gasteiger partial charge is 0.492 e. The summed E-state index contributed by atoms with van der Waals surface area (Å²) in [6.45, 7) is 8.67. The maximum Gasteiger partial charge on any atom is 0.259 e. The normalized spacial score (nSPS) is 11.3. The molecule has 0 aliphatic rings. The number of anilines is 2. The van der Waals surface area contributed by atoms with E-state index in [-0.39, 0.29) is 5.95 Å². The Morgan fingerprint density at radius 1 is 1.09 bits per heavy atom. The number of nitrogen functional groups attached to an aromatic ring is 1. The molecule has 3 aromatic heterocycles. The predicted molar refractivity (Wildman–Crippen MR) is 123 cm³/mol. The summed E-state index contributed by atoms with van der Waals surface area (Å²) in [5.41, 5.74) is 7.21. The van der Waals surface area contributed by atoms with Crippen molar-refractivity contribution in [2.45, 2.75) is 20.3 Å². The summed E-state index contributed by atoms with van der Waals surface area (Å²) in [5.74, 6) is 2.81. The number of rotatable bonds is 11. The minimum Gasteiger partial charge on any atom is -0.492 e. The van der Waals surface area contributed by atoms with Gasteiger partial charge in [0.05, 0.1) is 6.26 Å². The number of aromatic nitrogens is 5. The van der Waals surface area contributed by atoms with E-state index >= 15 is 0 Å². The third-order valence-corrected chi connectivity index (χ3v) is 5.17. The van der Waals surface area contributed by atoms with Crippen LogP contribution in [-0.4, -0.2) is 62.3 Å². The summed E-state index contributed by atoms with van der Waals surface area (Å²) in [7, 11) is 0. The van der Waals surface area contributed by atoms with E-state index in [0.29, 0.717) is 36.5 Å². The van der Waals surface area contributed by atoms with Gasteiger partial charge in [-0.2, -0.15) is 19.5 Å². The number of nitrogens with two attached hydrogens (primary N) is 1. The third kappa shape index (κ3) is 5.14. The summed E-state index contributed by atoms with van der Waals surface area (Å²) in [6, 6.07) is 11.7. The first-order valence-corrected chi connectivity index (χ1v) is 10.8. The number of likely N-dealkylation sites (N-methyl/N-ethyl adjacent to an activating group) is 1. The first-order chi connectivity index (χ1) is 15.7. The lowest BCUT2D eigenvalue weighted by Crippen LogP contribution is -2.27. The Morgan fingerprint density at radius 2 is 1.91 bits per heavy atom. The molecule has 0 unspecified atom stereocenters. The fraction of sp³-hybridized carbons (Fsp3) is 0.364. The highest BCUT2D eigenvalue weighted by molar-refractivity contribution is 5.52. The van der Waals surface area contributed by atoms with Crippen LogP contribution in [0.15, 0.2) is 47.1 Å². The van der Waals surface area contributed by atoms with Crippen molar-refractivity contribution >= 4 is 17.7 Å². The van der Waals surface area contributed by atoms with E-state index < -0.39 is 0 Å². The SMILES string of the molecule is CCN(CC)CCOc1ccc(CCNc2nc(N)n3nc(-c4ccco4)nc3n2)cc1. The van der Waals surface area contributed by atoms with E-state index in [9.17, 15) is 0 Å². The average Bonchev–Trinajstić information content (AvgIpc) is 3.48. The van der Waals surface area contributed by atoms with E-state index in [2.05, 4.69) is 56.2 Å². The van der Waals surface area contributed by atoms with Gasteiger partial charge >= 0.3 is 0 Å². The summed E-state index contributed by atoms with van der Waals surface area (Å²) in [5, 5.41) is 7.49. The van der Waals surface area contributed by atoms with Crippen LogP contribution in [0.4, 0.5) is 11.9 Å². The molecule has 0 aliphatic carbocycles. The highest BCUT2D eigenvalue weighted by atomic mass is 16.5. The Kier molecular flexibility index (Phi) is 6.81. The van der Waals surface area contributed by atoms with Crippen LogP contribution >= 0.6 is 0 Å². The van der Waals surface area contributed by atoms with Gasteiger partial charge in [-0.3, -0.25) is 0 Å². The molecule has 0 saturated carbocycles. The number of fused-ring (bicyclic) bond motifs is 1. The standard InChI is InChI=1S/C22H28N8O2/c1-3-29(4-2)13-15-31-17-9-7-16(8-10-17)11-12-24-21-26-20(23)30-22(27-21)25-19(28-30)18-6-5-14-32-18/h5-10,14H,3-4,11-13,15H2,1-2H3,(H3,23,24,25,26,27,28). The Hall–Kier alpha value is -3.66. The number of nitrogens with one attached hydrogen (secondary N) is 1. The Labute approximate surface area is 186 Å². The second-order valence-corrected chi connectivity index (χ2v) is 7.23. The molecule has 0 radical (unpaired) electrons. The molecule has 0 amide bonds. The topological polar surface area (TPSA) is 120 Å². The quantitative estimate of drug-likeness (QED) is 0.366. The van der Waals surface area contributed by atoms with Crippen LogP contribution in [0.3, 0.4) is 0 Å². The molecular formula is C22H28N8O2. The first kappa shape index (κ1) is 21.6. The van der Waals surface area contributed by atoms with Crippen molar-refractivity contribution in [3.8, 4) is 17.3 Å². The monoisotopic (exact) mass is 436 g/mol. The molecule has 32 heavy (non-hydrogen) atoms. The van der Waals surface area contributed by atoms with Crippen LogP contribution < -0.4 is 15.8 Å². The first-order valence-electron chi connectivity index (χ1n) is 10.8. The minimum absolute atomic E-state index is 0.203. The van der Waals surface area contributed by atoms with Gasteiger partial charge in [-0.1, -0.05) is 26.0 Å². The molecule has 4 rings (SSSR count). The molecule has 3 heterocycles. The van der Waals surface area contributed by atoms with Gasteiger partial charge in [0.15, 0.2) is 5.76 Å². The molecule has 4 aromatic rings. The fourth-order valence-corrected chi connectivity index (χ4v) is 3.30. The van der Waals surface area contributed by atoms with Crippen LogP contribution in [0.5, 0.6) is 5.75 Å². The molecule has 3 N–H and O–H groups in total. The highest BCUT2D eigenvalue weighted by Crippen LogP contribution is 2.18. The lowest BCUT2D eigenvalue weighted by molar-refractivity contribution is 0.223. The summed E-state index contributed by atoms with van der Waals surface area (Å²) < 4.78 is 12.6. The molecule has 1 aromatic carbocycles. The number of nitrogens with zero attached hydrogens (tertiary/aromatic N) is 6. The molecule has 168 valence electrons. The molecule has 10 nitrogen and oxygen atoms in total. The second kappa shape index (κ2) is 10.1. The van der Waals surface area contributed by atoms with Crippen LogP contribution in [0.2, 0.25) is 0 Å². The van der Waals surface area contributed by atoms with Crippen molar-refractivity contribution in [1.29, 1.82) is 0 Å². The lowest BCUT2D eigenvalue weighted by Gasteiger charge is -2.18. The van der Waals surface area contributed by atoms with Gasteiger partial charge < -0.3 is 25.1 Å². The molecule has 0 bridgehead atoms. The van der Waals surface area contributed by atoms with Crippen molar-refractivity contribution in [3.63, 3.8) is 0 Å². The molecule has 0 fully saturated rings. The molecule has 0 aliphatic heterocycles. The summed E-state index contributed by atoms with van der Waals surface area (Å²) in [4.78, 5) is 15.4. The van der Waals surface area contributed by atoms with Gasteiger partial charge in [0.25, 0.3) is 5.78 Å². The number of hydrogen-bond donors (Lipinski definition) is 2. The smallest absolute Gasteiger partial charge is 0.259 e. The summed E-state index contributed by atoms with van der Waals surface area (Å²) >= 11 is 0. The van der Waals surface area contributed by atoms with Crippen LogP contribution in [0.1, 0.15) is 19.4 Å². The average molecular weight is 437 g/mol. The van der Waals surface area contributed by atoms with Gasteiger partial charge in [-0.05, 0) is 49.3 Å². The summed E-state index contributed by atoms with van der Waals surface area (Å²) in [6.07, 6.45) is 2.37. The second-order valence-electron chi connectivity index (χ2n) is 7.23. The van der Waals surface area contributed by atoms with Crippen molar-refractivity contribution in [2.75, 3.05) is 43.8 Å². The molecular weight excluding hydrogens is 408 g/mol. The van der Waals surface area contributed by atoms with Crippen LogP contribution in [0.25, 0.3) is 17.4 Å². The predicted octanol–water partition coefficient (Wildman–Crippen LogP) is 2.74. The van der Waals surface area contributed by atoms with E-state index in [1.165, 1.54) is 10.1 Å². The van der Waals surface area contributed by atoms with Gasteiger partial charge in [-0.25, -0.2) is 0 Å². The molecule has 0 atom stereocenters. The number of hydrogen-bond acceptors (Lipinski definition) is 9. The molecule has 10 heteroatoms. The molecule has 0 saturated heterocycles. The minimum atomic E-state index is 0.203. The van der Waals surface area contributed by atoms with Crippen LogP contribution in [0, 0.1) is 0 Å². The van der Waals surface area contributed by atoms with Gasteiger partial charge in [0.1, 0.15) is 12.4 Å². The highest BCUT2D eigenvalue weighted by Gasteiger charge is 2.13. The number of ether oxygens (including phenoxy) is 1.